The standard InChI is InChI=1S/C15H19ClN2O2/c1-20-13-7-10(5-6-12(13)16)18-15(19)14-11-4-2-3-9(11)8-17-14/h5-7,9,11,14,17H,2-4,8H2,1H3,(H,18,19). The van der Waals surface area contributed by atoms with Gasteiger partial charge in [0.15, 0.2) is 0 Å². The van der Waals surface area contributed by atoms with E-state index in [4.69, 9.17) is 16.3 Å². The molecule has 1 heterocycles. The molecule has 20 heavy (non-hydrogen) atoms. The minimum absolute atomic E-state index is 0.0452. The SMILES string of the molecule is COc1cc(NC(=O)C2NCC3CCCC32)ccc1Cl. The first kappa shape index (κ1) is 13.7. The Hall–Kier alpha value is -1.26. The Morgan fingerprint density at radius 3 is 3.10 bits per heavy atom. The van der Waals surface area contributed by atoms with Crippen LogP contribution in [0.3, 0.4) is 0 Å². The van der Waals surface area contributed by atoms with Gasteiger partial charge in [0.25, 0.3) is 0 Å². The van der Waals surface area contributed by atoms with Gasteiger partial charge in [0, 0.05) is 11.8 Å². The molecular weight excluding hydrogens is 276 g/mol. The fourth-order valence-electron chi connectivity index (χ4n) is 3.43. The van der Waals surface area contributed by atoms with Crippen molar-refractivity contribution in [2.75, 3.05) is 19.0 Å². The number of halogens is 1. The van der Waals surface area contributed by atoms with Crippen molar-refractivity contribution in [3.63, 3.8) is 0 Å². The highest BCUT2D eigenvalue weighted by atomic mass is 35.5. The number of ether oxygens (including phenoxy) is 1. The van der Waals surface area contributed by atoms with Gasteiger partial charge in [-0.15, -0.1) is 0 Å². The molecule has 2 N–H and O–H groups in total. The number of methoxy groups -OCH3 is 1. The largest absolute Gasteiger partial charge is 0.495 e. The van der Waals surface area contributed by atoms with Crippen LogP contribution in [-0.4, -0.2) is 25.6 Å². The highest BCUT2D eigenvalue weighted by Gasteiger charge is 2.42. The predicted molar refractivity (Wildman–Crippen MR) is 79.3 cm³/mol. The lowest BCUT2D eigenvalue weighted by molar-refractivity contribution is -0.118. The number of rotatable bonds is 3. The monoisotopic (exact) mass is 294 g/mol. The summed E-state index contributed by atoms with van der Waals surface area (Å²) in [4.78, 5) is 12.4. The fourth-order valence-corrected chi connectivity index (χ4v) is 3.63. The van der Waals surface area contributed by atoms with Crippen LogP contribution in [-0.2, 0) is 4.79 Å². The van der Waals surface area contributed by atoms with Gasteiger partial charge in [-0.25, -0.2) is 0 Å². The second-order valence-corrected chi connectivity index (χ2v) is 5.99. The zero-order chi connectivity index (χ0) is 14.1. The van der Waals surface area contributed by atoms with Gasteiger partial charge in [0.1, 0.15) is 5.75 Å². The van der Waals surface area contributed by atoms with Gasteiger partial charge in [0.05, 0.1) is 18.2 Å². The van der Waals surface area contributed by atoms with Gasteiger partial charge in [-0.1, -0.05) is 18.0 Å². The number of benzene rings is 1. The van der Waals surface area contributed by atoms with E-state index in [1.165, 1.54) is 12.8 Å². The number of nitrogens with one attached hydrogen (secondary N) is 2. The normalized spacial score (nSPS) is 28.2. The maximum Gasteiger partial charge on any atom is 0.241 e. The Labute approximate surface area is 123 Å². The van der Waals surface area contributed by atoms with Crippen LogP contribution >= 0.6 is 11.6 Å². The van der Waals surface area contributed by atoms with Crippen molar-refractivity contribution in [2.24, 2.45) is 11.8 Å². The van der Waals surface area contributed by atoms with Crippen molar-refractivity contribution >= 4 is 23.2 Å². The van der Waals surface area contributed by atoms with Crippen LogP contribution in [0.1, 0.15) is 19.3 Å². The summed E-state index contributed by atoms with van der Waals surface area (Å²) in [6.45, 7) is 0.965. The van der Waals surface area contributed by atoms with Crippen LogP contribution in [0.2, 0.25) is 5.02 Å². The van der Waals surface area contributed by atoms with Crippen LogP contribution < -0.4 is 15.4 Å². The second kappa shape index (κ2) is 5.62. The van der Waals surface area contributed by atoms with E-state index in [0.717, 1.165) is 18.7 Å². The van der Waals surface area contributed by atoms with Crippen molar-refractivity contribution < 1.29 is 9.53 Å². The second-order valence-electron chi connectivity index (χ2n) is 5.58. The smallest absolute Gasteiger partial charge is 0.241 e. The first-order valence-corrected chi connectivity index (χ1v) is 7.44. The zero-order valence-corrected chi connectivity index (χ0v) is 12.2. The average Bonchev–Trinajstić information content (AvgIpc) is 3.03. The van der Waals surface area contributed by atoms with E-state index in [2.05, 4.69) is 10.6 Å². The topological polar surface area (TPSA) is 50.4 Å². The molecule has 1 aliphatic heterocycles. The zero-order valence-electron chi connectivity index (χ0n) is 11.5. The third-order valence-corrected chi connectivity index (χ3v) is 4.76. The number of fused-ring (bicyclic) bond motifs is 1. The summed E-state index contributed by atoms with van der Waals surface area (Å²) in [5.74, 6) is 1.78. The summed E-state index contributed by atoms with van der Waals surface area (Å²) in [6, 6.07) is 5.21. The number of carbonyl (C=O) groups is 1. The molecule has 1 aromatic rings. The molecule has 0 spiro atoms. The molecule has 108 valence electrons. The number of hydrogen-bond donors (Lipinski definition) is 2. The molecule has 5 heteroatoms. The van der Waals surface area contributed by atoms with Gasteiger partial charge in [-0.2, -0.15) is 0 Å². The van der Waals surface area contributed by atoms with Crippen LogP contribution in [0.5, 0.6) is 5.75 Å². The predicted octanol–water partition coefficient (Wildman–Crippen LogP) is 2.68. The molecule has 0 bridgehead atoms. The van der Waals surface area contributed by atoms with E-state index in [1.807, 2.05) is 0 Å². The Kier molecular flexibility index (Phi) is 3.85. The van der Waals surface area contributed by atoms with Gasteiger partial charge < -0.3 is 15.4 Å². The van der Waals surface area contributed by atoms with Crippen molar-refractivity contribution in [3.05, 3.63) is 23.2 Å². The minimum Gasteiger partial charge on any atom is -0.495 e. The molecule has 0 radical (unpaired) electrons. The van der Waals surface area contributed by atoms with Crippen molar-refractivity contribution in [1.29, 1.82) is 0 Å². The summed E-state index contributed by atoms with van der Waals surface area (Å²) in [5.41, 5.74) is 0.722. The number of anilines is 1. The number of amides is 1. The minimum atomic E-state index is -0.0656. The molecule has 1 aromatic carbocycles. The molecule has 0 aromatic heterocycles. The molecule has 3 rings (SSSR count). The lowest BCUT2D eigenvalue weighted by Crippen LogP contribution is -2.39. The highest BCUT2D eigenvalue weighted by molar-refractivity contribution is 6.32. The maximum absolute atomic E-state index is 12.4. The third kappa shape index (κ3) is 2.50. The van der Waals surface area contributed by atoms with Crippen LogP contribution in [0, 0.1) is 11.8 Å². The molecule has 4 nitrogen and oxygen atoms in total. The summed E-state index contributed by atoms with van der Waals surface area (Å²) in [5, 5.41) is 6.85. The van der Waals surface area contributed by atoms with Crippen LogP contribution in [0.15, 0.2) is 18.2 Å². The lowest BCUT2D eigenvalue weighted by atomic mass is 9.93. The van der Waals surface area contributed by atoms with E-state index >= 15 is 0 Å². The van der Waals surface area contributed by atoms with E-state index in [9.17, 15) is 4.79 Å². The van der Waals surface area contributed by atoms with E-state index < -0.39 is 0 Å². The summed E-state index contributed by atoms with van der Waals surface area (Å²) >= 11 is 5.98. The van der Waals surface area contributed by atoms with E-state index in [0.29, 0.717) is 22.6 Å². The van der Waals surface area contributed by atoms with Crippen LogP contribution in [0.4, 0.5) is 5.69 Å². The quantitative estimate of drug-likeness (QED) is 0.901. The molecule has 1 amide bonds. The summed E-state index contributed by atoms with van der Waals surface area (Å²) < 4.78 is 5.16. The lowest BCUT2D eigenvalue weighted by Gasteiger charge is -2.18. The summed E-state index contributed by atoms with van der Waals surface area (Å²) in [6.07, 6.45) is 3.64. The molecule has 3 unspecified atom stereocenters. The third-order valence-electron chi connectivity index (χ3n) is 4.45. The Bertz CT molecular complexity index is 521. The van der Waals surface area contributed by atoms with Gasteiger partial charge in [-0.05, 0) is 43.4 Å². The number of carbonyl (C=O) groups excluding carboxylic acids is 1. The Morgan fingerprint density at radius 2 is 2.30 bits per heavy atom. The van der Waals surface area contributed by atoms with Crippen LogP contribution in [0.25, 0.3) is 0 Å². The Balaban J connectivity index is 1.70. The molecule has 1 saturated carbocycles. The molecule has 2 fully saturated rings. The van der Waals surface area contributed by atoms with Gasteiger partial charge in [-0.3, -0.25) is 4.79 Å². The Morgan fingerprint density at radius 1 is 1.45 bits per heavy atom. The van der Waals surface area contributed by atoms with Gasteiger partial charge >= 0.3 is 0 Å². The van der Waals surface area contributed by atoms with Crippen molar-refractivity contribution in [1.82, 2.24) is 5.32 Å². The highest BCUT2D eigenvalue weighted by Crippen LogP contribution is 2.38. The first-order valence-electron chi connectivity index (χ1n) is 7.07. The summed E-state index contributed by atoms with van der Waals surface area (Å²) in [7, 11) is 1.56. The molecule has 2 aliphatic rings. The van der Waals surface area contributed by atoms with Crippen molar-refractivity contribution in [3.8, 4) is 5.75 Å². The first-order chi connectivity index (χ1) is 9.69. The maximum atomic E-state index is 12.4. The molecule has 1 saturated heterocycles. The van der Waals surface area contributed by atoms with E-state index in [1.54, 1.807) is 25.3 Å². The molecule has 3 atom stereocenters. The fraction of sp³-hybridized carbons (Fsp3) is 0.533. The average molecular weight is 295 g/mol. The van der Waals surface area contributed by atoms with Gasteiger partial charge in [0.2, 0.25) is 5.91 Å². The number of hydrogen-bond acceptors (Lipinski definition) is 3. The molecular formula is C15H19ClN2O2. The van der Waals surface area contributed by atoms with Crippen molar-refractivity contribution in [2.45, 2.75) is 25.3 Å². The van der Waals surface area contributed by atoms with E-state index in [-0.39, 0.29) is 11.9 Å². The molecule has 1 aliphatic carbocycles.